The number of hydrazine groups is 1. The Kier molecular flexibility index (Phi) is 5.83. The molecule has 2 heterocycles. The highest BCUT2D eigenvalue weighted by atomic mass is 32.1. The van der Waals surface area contributed by atoms with Crippen molar-refractivity contribution in [2.75, 3.05) is 15.9 Å². The fraction of sp³-hybridized carbons (Fsp3) is 0.0952. The van der Waals surface area contributed by atoms with Crippen molar-refractivity contribution in [1.82, 2.24) is 4.98 Å². The maximum absolute atomic E-state index is 12.3. The molecule has 0 saturated carbocycles. The average molecular weight is 446 g/mol. The van der Waals surface area contributed by atoms with Crippen LogP contribution in [-0.4, -0.2) is 16.6 Å². The monoisotopic (exact) mass is 446 g/mol. The van der Waals surface area contributed by atoms with Crippen molar-refractivity contribution in [3.05, 3.63) is 77.8 Å². The van der Waals surface area contributed by atoms with E-state index in [2.05, 4.69) is 20.5 Å². The summed E-state index contributed by atoms with van der Waals surface area (Å²) in [5.74, 6) is -0.342. The highest BCUT2D eigenvalue weighted by Gasteiger charge is 2.31. The van der Waals surface area contributed by atoms with Gasteiger partial charge in [-0.05, 0) is 53.4 Å². The van der Waals surface area contributed by atoms with Gasteiger partial charge in [0.25, 0.3) is 0 Å². The van der Waals surface area contributed by atoms with Crippen LogP contribution < -0.4 is 20.7 Å². The lowest BCUT2D eigenvalue weighted by Crippen LogP contribution is -2.25. The van der Waals surface area contributed by atoms with E-state index in [-0.39, 0.29) is 5.75 Å². The number of alkyl halides is 3. The Labute approximate surface area is 179 Å². The third-order valence-corrected chi connectivity index (χ3v) is 5.26. The summed E-state index contributed by atoms with van der Waals surface area (Å²) in [5.41, 5.74) is 5.75. The zero-order chi connectivity index (χ0) is 21.8. The highest BCUT2D eigenvalue weighted by Crippen LogP contribution is 2.33. The van der Waals surface area contributed by atoms with E-state index in [4.69, 9.17) is 0 Å². The van der Waals surface area contributed by atoms with Crippen molar-refractivity contribution in [3.8, 4) is 5.75 Å². The van der Waals surface area contributed by atoms with Gasteiger partial charge in [0.15, 0.2) is 5.00 Å². The number of nitrogens with zero attached hydrogens (tertiary/aromatic N) is 2. The first-order valence-corrected chi connectivity index (χ1v) is 10.0. The Morgan fingerprint density at radius 2 is 1.81 bits per heavy atom. The molecule has 2 aromatic carbocycles. The molecule has 2 aromatic heterocycles. The van der Waals surface area contributed by atoms with E-state index in [0.717, 1.165) is 33.8 Å². The normalized spacial score (nSPS) is 11.4. The standard InChI is InChI=1S/C21H17F3N4O2S/c22-21(23,24)30-16-7-5-15(6-8-16)27-28(29)20-19(10-12-31-20)26-13-14-9-11-25-18-4-2-1-3-17(14)18/h1-12,26-27,29H,13H2. The number of hydrogen-bond acceptors (Lipinski definition) is 7. The summed E-state index contributed by atoms with van der Waals surface area (Å²) in [6, 6.07) is 16.6. The van der Waals surface area contributed by atoms with Crippen LogP contribution >= 0.6 is 11.3 Å². The maximum atomic E-state index is 12.3. The molecule has 0 bridgehead atoms. The van der Waals surface area contributed by atoms with Gasteiger partial charge in [-0.3, -0.25) is 15.6 Å². The molecular formula is C21H17F3N4O2S. The quantitative estimate of drug-likeness (QED) is 0.301. The number of pyridine rings is 1. The molecule has 0 aliphatic rings. The SMILES string of the molecule is ON(Nc1ccc(OC(F)(F)F)cc1)c1sccc1NCc1ccnc2ccccc12. The molecule has 0 spiro atoms. The Morgan fingerprint density at radius 1 is 1.03 bits per heavy atom. The Bertz CT molecular complexity index is 1160. The largest absolute Gasteiger partial charge is 0.573 e. The molecule has 4 aromatic rings. The van der Waals surface area contributed by atoms with Gasteiger partial charge in [0.1, 0.15) is 5.75 Å². The molecule has 0 aliphatic carbocycles. The molecule has 6 nitrogen and oxygen atoms in total. The van der Waals surface area contributed by atoms with Crippen LogP contribution in [-0.2, 0) is 6.54 Å². The van der Waals surface area contributed by atoms with Gasteiger partial charge in [-0.15, -0.1) is 24.5 Å². The first-order chi connectivity index (χ1) is 14.9. The fourth-order valence-electron chi connectivity index (χ4n) is 3.00. The van der Waals surface area contributed by atoms with E-state index < -0.39 is 6.36 Å². The van der Waals surface area contributed by atoms with Crippen LogP contribution in [0.3, 0.4) is 0 Å². The molecule has 0 atom stereocenters. The summed E-state index contributed by atoms with van der Waals surface area (Å²) < 4.78 is 40.6. The lowest BCUT2D eigenvalue weighted by atomic mass is 10.1. The van der Waals surface area contributed by atoms with Crippen LogP contribution in [0, 0.1) is 0 Å². The summed E-state index contributed by atoms with van der Waals surface area (Å²) in [6.45, 7) is 0.518. The number of hydrogen-bond donors (Lipinski definition) is 3. The van der Waals surface area contributed by atoms with Crippen molar-refractivity contribution < 1.29 is 23.1 Å². The molecule has 0 amide bonds. The number of nitrogens with one attached hydrogen (secondary N) is 2. The number of benzene rings is 2. The molecule has 0 radical (unpaired) electrons. The highest BCUT2D eigenvalue weighted by molar-refractivity contribution is 7.14. The lowest BCUT2D eigenvalue weighted by Gasteiger charge is -2.20. The van der Waals surface area contributed by atoms with Crippen molar-refractivity contribution in [1.29, 1.82) is 0 Å². The summed E-state index contributed by atoms with van der Waals surface area (Å²) in [7, 11) is 0. The predicted octanol–water partition coefficient (Wildman–Crippen LogP) is 6.03. The van der Waals surface area contributed by atoms with Crippen LogP contribution in [0.1, 0.15) is 5.56 Å². The van der Waals surface area contributed by atoms with E-state index in [1.54, 1.807) is 6.20 Å². The zero-order valence-corrected chi connectivity index (χ0v) is 16.7. The van der Waals surface area contributed by atoms with E-state index in [1.807, 2.05) is 41.8 Å². The van der Waals surface area contributed by atoms with E-state index in [9.17, 15) is 18.4 Å². The number of anilines is 3. The minimum absolute atomic E-state index is 0.342. The molecule has 31 heavy (non-hydrogen) atoms. The van der Waals surface area contributed by atoms with E-state index >= 15 is 0 Å². The van der Waals surface area contributed by atoms with E-state index in [0.29, 0.717) is 22.9 Å². The van der Waals surface area contributed by atoms with Crippen molar-refractivity contribution in [3.63, 3.8) is 0 Å². The second-order valence-electron chi connectivity index (χ2n) is 6.48. The number of rotatable bonds is 7. The van der Waals surface area contributed by atoms with Gasteiger partial charge in [0, 0.05) is 18.1 Å². The van der Waals surface area contributed by atoms with Crippen molar-refractivity contribution >= 4 is 38.6 Å². The Hall–Kier alpha value is -3.50. The number of para-hydroxylation sites is 1. The molecule has 0 aliphatic heterocycles. The lowest BCUT2D eigenvalue weighted by molar-refractivity contribution is -0.274. The number of ether oxygens (including phenoxy) is 1. The van der Waals surface area contributed by atoms with Crippen LogP contribution in [0.5, 0.6) is 5.75 Å². The third-order valence-electron chi connectivity index (χ3n) is 4.37. The van der Waals surface area contributed by atoms with Gasteiger partial charge >= 0.3 is 6.36 Å². The predicted molar refractivity (Wildman–Crippen MR) is 114 cm³/mol. The molecule has 160 valence electrons. The zero-order valence-electron chi connectivity index (χ0n) is 15.9. The van der Waals surface area contributed by atoms with Gasteiger partial charge in [0.2, 0.25) is 0 Å². The average Bonchev–Trinajstić information content (AvgIpc) is 3.21. The molecule has 10 heteroatoms. The molecule has 3 N–H and O–H groups in total. The van der Waals surface area contributed by atoms with Crippen LogP contribution in [0.2, 0.25) is 0 Å². The summed E-state index contributed by atoms with van der Waals surface area (Å²) >= 11 is 1.29. The molecular weight excluding hydrogens is 429 g/mol. The Balaban J connectivity index is 1.43. The van der Waals surface area contributed by atoms with Gasteiger partial charge in [-0.1, -0.05) is 18.2 Å². The molecule has 0 fully saturated rings. The van der Waals surface area contributed by atoms with Gasteiger partial charge in [-0.2, -0.15) is 5.17 Å². The second-order valence-corrected chi connectivity index (χ2v) is 7.37. The van der Waals surface area contributed by atoms with E-state index in [1.165, 1.54) is 23.5 Å². The topological polar surface area (TPSA) is 69.7 Å². The van der Waals surface area contributed by atoms with Gasteiger partial charge in [0.05, 0.1) is 16.9 Å². The van der Waals surface area contributed by atoms with Crippen LogP contribution in [0.25, 0.3) is 10.9 Å². The second kappa shape index (κ2) is 8.70. The Morgan fingerprint density at radius 3 is 2.58 bits per heavy atom. The fourth-order valence-corrected chi connectivity index (χ4v) is 3.75. The summed E-state index contributed by atoms with van der Waals surface area (Å²) in [4.78, 5) is 4.35. The number of halogens is 3. The van der Waals surface area contributed by atoms with Crippen LogP contribution in [0.4, 0.5) is 29.5 Å². The molecule has 0 unspecified atom stereocenters. The first kappa shape index (κ1) is 20.8. The molecule has 0 saturated heterocycles. The number of thiophene rings is 1. The summed E-state index contributed by atoms with van der Waals surface area (Å²) in [5, 5.41) is 17.9. The van der Waals surface area contributed by atoms with Gasteiger partial charge < -0.3 is 10.1 Å². The van der Waals surface area contributed by atoms with Crippen molar-refractivity contribution in [2.24, 2.45) is 0 Å². The number of aromatic nitrogens is 1. The van der Waals surface area contributed by atoms with Crippen molar-refractivity contribution in [2.45, 2.75) is 12.9 Å². The van der Waals surface area contributed by atoms with Gasteiger partial charge in [-0.25, -0.2) is 0 Å². The first-order valence-electron chi connectivity index (χ1n) is 9.14. The summed E-state index contributed by atoms with van der Waals surface area (Å²) in [6.07, 6.45) is -3.00. The smallest absolute Gasteiger partial charge is 0.406 e. The minimum Gasteiger partial charge on any atom is -0.406 e. The minimum atomic E-state index is -4.75. The molecule has 4 rings (SSSR count). The van der Waals surface area contributed by atoms with Crippen LogP contribution in [0.15, 0.2) is 72.2 Å². The maximum Gasteiger partial charge on any atom is 0.573 e. The third kappa shape index (κ3) is 5.16. The number of fused-ring (bicyclic) bond motifs is 1.